The number of carbonyl (C=O) groups is 1. The number of carbonyl (C=O) groups excluding carboxylic acids is 1. The second-order valence-corrected chi connectivity index (χ2v) is 8.54. The van der Waals surface area contributed by atoms with Gasteiger partial charge in [0.05, 0.1) is 21.8 Å². The van der Waals surface area contributed by atoms with Crippen molar-refractivity contribution in [3.8, 4) is 11.5 Å². The van der Waals surface area contributed by atoms with Gasteiger partial charge in [-0.1, -0.05) is 46.3 Å². The molecule has 0 unspecified atom stereocenters. The molecule has 0 saturated carbocycles. The molecular formula is C21H17Br3N2O3. The topological polar surface area (TPSA) is 59.9 Å². The number of hydrazone groups is 1. The van der Waals surface area contributed by atoms with Gasteiger partial charge >= 0.3 is 0 Å². The zero-order valence-corrected chi connectivity index (χ0v) is 20.2. The standard InChI is InChI=1S/C21H17Br3N2O3/c1-2-28-19-8-7-13-5-3-4-6-15(13)16(19)11-25-26-20(27)12-29-21-17(23)9-14(22)10-18(21)24/h3-11H,2,12H2,1H3,(H,26,27)/b25-11+. The molecule has 0 saturated heterocycles. The third-order valence-electron chi connectivity index (χ3n) is 3.92. The van der Waals surface area contributed by atoms with Crippen LogP contribution in [0.4, 0.5) is 0 Å². The molecule has 0 aromatic heterocycles. The number of rotatable bonds is 7. The molecule has 0 atom stereocenters. The van der Waals surface area contributed by atoms with Crippen molar-refractivity contribution in [2.24, 2.45) is 5.10 Å². The first-order chi connectivity index (χ1) is 14.0. The Balaban J connectivity index is 1.70. The summed E-state index contributed by atoms with van der Waals surface area (Å²) in [5.41, 5.74) is 3.31. The Bertz CT molecular complexity index is 1050. The first-order valence-electron chi connectivity index (χ1n) is 8.73. The van der Waals surface area contributed by atoms with E-state index in [0.717, 1.165) is 29.8 Å². The van der Waals surface area contributed by atoms with E-state index in [-0.39, 0.29) is 12.5 Å². The summed E-state index contributed by atoms with van der Waals surface area (Å²) in [5.74, 6) is 0.879. The minimum Gasteiger partial charge on any atom is -0.493 e. The van der Waals surface area contributed by atoms with Crippen molar-refractivity contribution in [1.29, 1.82) is 0 Å². The molecule has 0 spiro atoms. The van der Waals surface area contributed by atoms with Crippen molar-refractivity contribution in [3.05, 3.63) is 67.5 Å². The van der Waals surface area contributed by atoms with Crippen LogP contribution in [0, 0.1) is 0 Å². The molecule has 8 heteroatoms. The molecule has 3 aromatic rings. The smallest absolute Gasteiger partial charge is 0.277 e. The highest BCUT2D eigenvalue weighted by Gasteiger charge is 2.11. The summed E-state index contributed by atoms with van der Waals surface area (Å²) in [7, 11) is 0. The van der Waals surface area contributed by atoms with Crippen LogP contribution in [0.25, 0.3) is 10.8 Å². The number of amides is 1. The molecule has 3 rings (SSSR count). The molecule has 0 aliphatic carbocycles. The van der Waals surface area contributed by atoms with Crippen LogP contribution in [0.5, 0.6) is 11.5 Å². The number of benzene rings is 3. The minimum absolute atomic E-state index is 0.177. The molecule has 0 bridgehead atoms. The van der Waals surface area contributed by atoms with Crippen molar-refractivity contribution >= 4 is 70.7 Å². The molecule has 29 heavy (non-hydrogen) atoms. The van der Waals surface area contributed by atoms with Crippen LogP contribution in [0.3, 0.4) is 0 Å². The third kappa shape index (κ3) is 5.58. The molecule has 1 N–H and O–H groups in total. The second kappa shape index (κ2) is 10.2. The maximum Gasteiger partial charge on any atom is 0.277 e. The van der Waals surface area contributed by atoms with E-state index in [9.17, 15) is 4.79 Å². The van der Waals surface area contributed by atoms with E-state index in [4.69, 9.17) is 9.47 Å². The highest BCUT2D eigenvalue weighted by Crippen LogP contribution is 2.36. The Morgan fingerprint density at radius 3 is 2.52 bits per heavy atom. The van der Waals surface area contributed by atoms with Gasteiger partial charge < -0.3 is 9.47 Å². The number of nitrogens with one attached hydrogen (secondary N) is 1. The van der Waals surface area contributed by atoms with E-state index < -0.39 is 0 Å². The van der Waals surface area contributed by atoms with Gasteiger partial charge in [0.15, 0.2) is 6.61 Å². The number of nitrogens with zero attached hydrogens (tertiary/aromatic N) is 1. The van der Waals surface area contributed by atoms with Gasteiger partial charge in [0.1, 0.15) is 11.5 Å². The highest BCUT2D eigenvalue weighted by atomic mass is 79.9. The Labute approximate surface area is 193 Å². The minimum atomic E-state index is -0.374. The van der Waals surface area contributed by atoms with Gasteiger partial charge in [-0.15, -0.1) is 0 Å². The average molecular weight is 585 g/mol. The number of hydrogen-bond acceptors (Lipinski definition) is 4. The summed E-state index contributed by atoms with van der Waals surface area (Å²) < 4.78 is 13.6. The summed E-state index contributed by atoms with van der Waals surface area (Å²) in [4.78, 5) is 12.1. The average Bonchev–Trinajstić information content (AvgIpc) is 2.68. The molecule has 0 aliphatic rings. The van der Waals surface area contributed by atoms with E-state index in [2.05, 4.69) is 58.3 Å². The first kappa shape index (κ1) is 21.8. The predicted molar refractivity (Wildman–Crippen MR) is 126 cm³/mol. The normalized spacial score (nSPS) is 11.0. The number of halogens is 3. The zero-order chi connectivity index (χ0) is 20.8. The van der Waals surface area contributed by atoms with Gasteiger partial charge in [0.25, 0.3) is 5.91 Å². The molecule has 0 heterocycles. The van der Waals surface area contributed by atoms with E-state index in [1.54, 1.807) is 6.21 Å². The van der Waals surface area contributed by atoms with E-state index in [0.29, 0.717) is 18.1 Å². The summed E-state index contributed by atoms with van der Waals surface area (Å²) in [6, 6.07) is 15.5. The monoisotopic (exact) mass is 582 g/mol. The summed E-state index contributed by atoms with van der Waals surface area (Å²) >= 11 is 10.2. The lowest BCUT2D eigenvalue weighted by atomic mass is 10.0. The lowest BCUT2D eigenvalue weighted by Gasteiger charge is -2.11. The van der Waals surface area contributed by atoms with Crippen LogP contribution in [0.1, 0.15) is 12.5 Å². The van der Waals surface area contributed by atoms with E-state index in [1.807, 2.05) is 55.5 Å². The lowest BCUT2D eigenvalue weighted by molar-refractivity contribution is -0.123. The van der Waals surface area contributed by atoms with Gasteiger partial charge in [0, 0.05) is 10.0 Å². The summed E-state index contributed by atoms with van der Waals surface area (Å²) in [5, 5.41) is 6.15. The molecular weight excluding hydrogens is 568 g/mol. The van der Waals surface area contributed by atoms with Crippen LogP contribution < -0.4 is 14.9 Å². The molecule has 0 radical (unpaired) electrons. The summed E-state index contributed by atoms with van der Waals surface area (Å²) in [6.45, 7) is 2.29. The quantitative estimate of drug-likeness (QED) is 0.271. The number of fused-ring (bicyclic) bond motifs is 1. The Kier molecular flexibility index (Phi) is 7.69. The maximum absolute atomic E-state index is 12.1. The fourth-order valence-corrected chi connectivity index (χ4v) is 5.18. The second-order valence-electron chi connectivity index (χ2n) is 5.91. The van der Waals surface area contributed by atoms with Crippen LogP contribution in [0.15, 0.2) is 67.1 Å². The zero-order valence-electron chi connectivity index (χ0n) is 15.4. The highest BCUT2D eigenvalue weighted by molar-refractivity contribution is 9.11. The van der Waals surface area contributed by atoms with Gasteiger partial charge in [-0.25, -0.2) is 5.43 Å². The molecule has 5 nitrogen and oxygen atoms in total. The molecule has 1 amide bonds. The van der Waals surface area contributed by atoms with Crippen molar-refractivity contribution in [2.75, 3.05) is 13.2 Å². The largest absolute Gasteiger partial charge is 0.493 e. The molecule has 3 aromatic carbocycles. The predicted octanol–water partition coefficient (Wildman–Crippen LogP) is 6.06. The molecule has 0 fully saturated rings. The molecule has 150 valence electrons. The third-order valence-corrected chi connectivity index (χ3v) is 5.56. The Morgan fingerprint density at radius 2 is 1.79 bits per heavy atom. The van der Waals surface area contributed by atoms with Gasteiger partial charge in [-0.2, -0.15) is 5.10 Å². The fraction of sp³-hybridized carbons (Fsp3) is 0.143. The van der Waals surface area contributed by atoms with Crippen LogP contribution in [-0.2, 0) is 4.79 Å². The first-order valence-corrected chi connectivity index (χ1v) is 11.1. The molecule has 0 aliphatic heterocycles. The van der Waals surface area contributed by atoms with Gasteiger partial charge in [0.2, 0.25) is 0 Å². The van der Waals surface area contributed by atoms with Gasteiger partial charge in [-0.05, 0) is 67.8 Å². The van der Waals surface area contributed by atoms with Crippen molar-refractivity contribution in [1.82, 2.24) is 5.43 Å². The number of hydrogen-bond donors (Lipinski definition) is 1. The van der Waals surface area contributed by atoms with Crippen LogP contribution in [-0.4, -0.2) is 25.3 Å². The Morgan fingerprint density at radius 1 is 1.07 bits per heavy atom. The SMILES string of the molecule is CCOc1ccc2ccccc2c1/C=N/NC(=O)COc1c(Br)cc(Br)cc1Br. The fourth-order valence-electron chi connectivity index (χ4n) is 2.70. The maximum atomic E-state index is 12.1. The van der Waals surface area contributed by atoms with Crippen molar-refractivity contribution in [3.63, 3.8) is 0 Å². The van der Waals surface area contributed by atoms with Crippen LogP contribution in [0.2, 0.25) is 0 Å². The lowest BCUT2D eigenvalue weighted by Crippen LogP contribution is -2.24. The Hall–Kier alpha value is -1.90. The van der Waals surface area contributed by atoms with Crippen LogP contribution >= 0.6 is 47.8 Å². The van der Waals surface area contributed by atoms with Crippen molar-refractivity contribution < 1.29 is 14.3 Å². The van der Waals surface area contributed by atoms with E-state index in [1.165, 1.54) is 0 Å². The van der Waals surface area contributed by atoms with E-state index >= 15 is 0 Å². The van der Waals surface area contributed by atoms with Gasteiger partial charge in [-0.3, -0.25) is 4.79 Å². The van der Waals surface area contributed by atoms with Crippen molar-refractivity contribution in [2.45, 2.75) is 6.92 Å². The summed E-state index contributed by atoms with van der Waals surface area (Å²) in [6.07, 6.45) is 1.59. The number of ether oxygens (including phenoxy) is 2.